The van der Waals surface area contributed by atoms with Crippen LogP contribution in [0.15, 0.2) is 88.2 Å². The molecule has 0 bridgehead atoms. The first kappa shape index (κ1) is 29.7. The third-order valence-corrected chi connectivity index (χ3v) is 8.37. The zero-order chi connectivity index (χ0) is 27.9. The standard InChI is InChI=1S/C28H31BrClN3O4S/c1-20(2)17-31-28(35)21(3)32(18-22-8-7-9-24(30)16-22)27(34)19-33(25-14-12-23(29)13-15-25)38(36,37)26-10-5-4-6-11-26/h4-16,20-21H,17-19H2,1-3H3,(H,31,35)/t21-/m1/s1. The highest BCUT2D eigenvalue weighted by molar-refractivity contribution is 9.10. The van der Waals surface area contributed by atoms with Gasteiger partial charge in [-0.15, -0.1) is 0 Å². The van der Waals surface area contributed by atoms with Crippen molar-refractivity contribution in [1.82, 2.24) is 10.2 Å². The van der Waals surface area contributed by atoms with Gasteiger partial charge in [-0.2, -0.15) is 0 Å². The van der Waals surface area contributed by atoms with E-state index < -0.39 is 28.5 Å². The molecule has 7 nitrogen and oxygen atoms in total. The Bertz CT molecular complexity index is 1350. The van der Waals surface area contributed by atoms with Crippen molar-refractivity contribution < 1.29 is 18.0 Å². The fourth-order valence-electron chi connectivity index (χ4n) is 3.72. The van der Waals surface area contributed by atoms with Crippen molar-refractivity contribution in [2.24, 2.45) is 5.92 Å². The maximum absolute atomic E-state index is 13.8. The summed E-state index contributed by atoms with van der Waals surface area (Å²) in [5, 5.41) is 3.36. The van der Waals surface area contributed by atoms with Gasteiger partial charge in [-0.05, 0) is 66.9 Å². The molecule has 0 saturated heterocycles. The molecule has 3 rings (SSSR count). The van der Waals surface area contributed by atoms with Crippen LogP contribution in [0.2, 0.25) is 5.02 Å². The van der Waals surface area contributed by atoms with Crippen LogP contribution < -0.4 is 9.62 Å². The van der Waals surface area contributed by atoms with Crippen molar-refractivity contribution in [2.45, 2.75) is 38.3 Å². The Morgan fingerprint density at radius 3 is 2.21 bits per heavy atom. The third kappa shape index (κ3) is 7.82. The van der Waals surface area contributed by atoms with E-state index in [1.54, 1.807) is 73.7 Å². The van der Waals surface area contributed by atoms with Gasteiger partial charge in [0.25, 0.3) is 10.0 Å². The number of nitrogens with one attached hydrogen (secondary N) is 1. The van der Waals surface area contributed by atoms with Gasteiger partial charge in [0.05, 0.1) is 10.6 Å². The number of halogens is 2. The van der Waals surface area contributed by atoms with E-state index in [-0.39, 0.29) is 23.3 Å². The maximum Gasteiger partial charge on any atom is 0.264 e. The molecule has 3 aromatic rings. The fourth-order valence-corrected chi connectivity index (χ4v) is 5.64. The van der Waals surface area contributed by atoms with E-state index >= 15 is 0 Å². The third-order valence-electron chi connectivity index (χ3n) is 5.82. The Morgan fingerprint density at radius 2 is 1.61 bits per heavy atom. The quantitative estimate of drug-likeness (QED) is 0.307. The van der Waals surface area contributed by atoms with Crippen LogP contribution in [0.3, 0.4) is 0 Å². The van der Waals surface area contributed by atoms with Gasteiger partial charge >= 0.3 is 0 Å². The SMILES string of the molecule is CC(C)CNC(=O)[C@@H](C)N(Cc1cccc(Cl)c1)C(=O)CN(c1ccc(Br)cc1)S(=O)(=O)c1ccccc1. The van der Waals surface area contributed by atoms with E-state index in [1.807, 2.05) is 13.8 Å². The summed E-state index contributed by atoms with van der Waals surface area (Å²) in [6.45, 7) is 5.62. The lowest BCUT2D eigenvalue weighted by Crippen LogP contribution is -2.51. The zero-order valence-electron chi connectivity index (χ0n) is 21.5. The van der Waals surface area contributed by atoms with Crippen LogP contribution in [0.1, 0.15) is 26.3 Å². The van der Waals surface area contributed by atoms with E-state index in [0.29, 0.717) is 17.3 Å². The monoisotopic (exact) mass is 619 g/mol. The number of nitrogens with zero attached hydrogens (tertiary/aromatic N) is 2. The Balaban J connectivity index is 1.99. The predicted molar refractivity (Wildman–Crippen MR) is 154 cm³/mol. The van der Waals surface area contributed by atoms with Crippen LogP contribution in [0, 0.1) is 5.92 Å². The fraction of sp³-hybridized carbons (Fsp3) is 0.286. The molecule has 0 saturated carbocycles. The Labute approximate surface area is 238 Å². The number of hydrogen-bond donors (Lipinski definition) is 1. The summed E-state index contributed by atoms with van der Waals surface area (Å²) in [6.07, 6.45) is 0. The first-order valence-corrected chi connectivity index (χ1v) is 14.7. The number of amides is 2. The molecule has 0 aliphatic heterocycles. The van der Waals surface area contributed by atoms with Gasteiger partial charge in [0.2, 0.25) is 11.8 Å². The Morgan fingerprint density at radius 1 is 0.947 bits per heavy atom. The van der Waals surface area contributed by atoms with Crippen LogP contribution in [0.4, 0.5) is 5.69 Å². The van der Waals surface area contributed by atoms with Crippen molar-refractivity contribution in [2.75, 3.05) is 17.4 Å². The van der Waals surface area contributed by atoms with E-state index in [0.717, 1.165) is 14.3 Å². The van der Waals surface area contributed by atoms with Gasteiger partial charge in [0.15, 0.2) is 0 Å². The summed E-state index contributed by atoms with van der Waals surface area (Å²) in [4.78, 5) is 28.3. The summed E-state index contributed by atoms with van der Waals surface area (Å²) < 4.78 is 29.3. The Kier molecular flexibility index (Phi) is 10.4. The minimum absolute atomic E-state index is 0.0554. The molecule has 0 radical (unpaired) electrons. The number of rotatable bonds is 11. The molecule has 0 unspecified atom stereocenters. The first-order chi connectivity index (χ1) is 18.0. The minimum Gasteiger partial charge on any atom is -0.354 e. The van der Waals surface area contributed by atoms with Crippen LogP contribution in [0.25, 0.3) is 0 Å². The van der Waals surface area contributed by atoms with Gasteiger partial charge in [-0.3, -0.25) is 13.9 Å². The number of benzene rings is 3. The summed E-state index contributed by atoms with van der Waals surface area (Å²) in [5.41, 5.74) is 1.04. The van der Waals surface area contributed by atoms with E-state index in [1.165, 1.54) is 17.0 Å². The van der Waals surface area contributed by atoms with Crippen molar-refractivity contribution in [3.63, 3.8) is 0 Å². The topological polar surface area (TPSA) is 86.8 Å². The molecule has 0 aliphatic rings. The van der Waals surface area contributed by atoms with E-state index in [4.69, 9.17) is 11.6 Å². The van der Waals surface area contributed by atoms with Crippen molar-refractivity contribution in [1.29, 1.82) is 0 Å². The molecule has 202 valence electrons. The highest BCUT2D eigenvalue weighted by Gasteiger charge is 2.32. The molecule has 0 spiro atoms. The van der Waals surface area contributed by atoms with E-state index in [9.17, 15) is 18.0 Å². The van der Waals surface area contributed by atoms with Gasteiger partial charge in [0, 0.05) is 22.6 Å². The number of carbonyl (C=O) groups excluding carboxylic acids is 2. The smallest absolute Gasteiger partial charge is 0.264 e. The molecule has 10 heteroatoms. The molecule has 0 fully saturated rings. The molecule has 0 heterocycles. The number of hydrogen-bond acceptors (Lipinski definition) is 4. The lowest BCUT2D eigenvalue weighted by Gasteiger charge is -2.32. The van der Waals surface area contributed by atoms with Crippen molar-refractivity contribution >= 4 is 55.1 Å². The van der Waals surface area contributed by atoms with Crippen molar-refractivity contribution in [3.05, 3.63) is 93.9 Å². The lowest BCUT2D eigenvalue weighted by molar-refractivity contribution is -0.139. The molecule has 1 atom stereocenters. The maximum atomic E-state index is 13.8. The molecule has 2 amide bonds. The lowest BCUT2D eigenvalue weighted by atomic mass is 10.1. The van der Waals surface area contributed by atoms with E-state index in [2.05, 4.69) is 21.2 Å². The average molecular weight is 621 g/mol. The highest BCUT2D eigenvalue weighted by atomic mass is 79.9. The molecule has 0 aromatic heterocycles. The second-order valence-electron chi connectivity index (χ2n) is 9.27. The molecule has 1 N–H and O–H groups in total. The minimum atomic E-state index is -4.09. The average Bonchev–Trinajstić information content (AvgIpc) is 2.89. The largest absolute Gasteiger partial charge is 0.354 e. The molecular formula is C28H31BrClN3O4S. The zero-order valence-corrected chi connectivity index (χ0v) is 24.6. The molecular weight excluding hydrogens is 590 g/mol. The number of anilines is 1. The summed E-state index contributed by atoms with van der Waals surface area (Å²) >= 11 is 9.53. The molecule has 0 aliphatic carbocycles. The second-order valence-corrected chi connectivity index (χ2v) is 12.5. The van der Waals surface area contributed by atoms with Crippen LogP contribution >= 0.6 is 27.5 Å². The van der Waals surface area contributed by atoms with Gasteiger partial charge in [0.1, 0.15) is 12.6 Å². The Hall–Kier alpha value is -2.88. The van der Waals surface area contributed by atoms with Gasteiger partial charge in [-0.1, -0.05) is 71.7 Å². The summed E-state index contributed by atoms with van der Waals surface area (Å²) in [5.74, 6) is -0.623. The molecule has 38 heavy (non-hydrogen) atoms. The predicted octanol–water partition coefficient (Wildman–Crippen LogP) is 5.49. The summed E-state index contributed by atoms with van der Waals surface area (Å²) in [7, 11) is -4.09. The number of carbonyl (C=O) groups is 2. The van der Waals surface area contributed by atoms with Gasteiger partial charge in [-0.25, -0.2) is 8.42 Å². The molecule has 3 aromatic carbocycles. The second kappa shape index (κ2) is 13.3. The normalized spacial score (nSPS) is 12.2. The van der Waals surface area contributed by atoms with Crippen LogP contribution in [0.5, 0.6) is 0 Å². The van der Waals surface area contributed by atoms with Crippen molar-refractivity contribution in [3.8, 4) is 0 Å². The van der Waals surface area contributed by atoms with Gasteiger partial charge < -0.3 is 10.2 Å². The summed E-state index contributed by atoms with van der Waals surface area (Å²) in [6, 6.07) is 20.7. The number of sulfonamides is 1. The first-order valence-electron chi connectivity index (χ1n) is 12.1. The van der Waals surface area contributed by atoms with Crippen LogP contribution in [-0.4, -0.2) is 44.3 Å². The highest BCUT2D eigenvalue weighted by Crippen LogP contribution is 2.26. The van der Waals surface area contributed by atoms with Crippen LogP contribution in [-0.2, 0) is 26.2 Å².